The third kappa shape index (κ3) is 6.71. The van der Waals surface area contributed by atoms with Crippen LogP contribution >= 0.6 is 0 Å². The van der Waals surface area contributed by atoms with Crippen molar-refractivity contribution >= 4 is 117 Å². The van der Waals surface area contributed by atoms with Crippen LogP contribution in [0.1, 0.15) is 0 Å². The molecule has 0 atom stereocenters. The molecule has 0 radical (unpaired) electrons. The molecule has 5 heteroatoms. The second-order valence-electron chi connectivity index (χ2n) is 22.3. The van der Waals surface area contributed by atoms with E-state index in [9.17, 15) is 0 Å². The molecule has 4 nitrogen and oxygen atoms in total. The number of hydrogen-bond acceptors (Lipinski definition) is 2. The molecule has 0 spiro atoms. The van der Waals surface area contributed by atoms with Crippen LogP contribution in [-0.2, 0) is 0 Å². The Morgan fingerprint density at radius 2 is 0.639 bits per heavy atom. The van der Waals surface area contributed by atoms with Gasteiger partial charge in [-0.05, 0) is 129 Å². The van der Waals surface area contributed by atoms with E-state index < -0.39 is 0 Å². The minimum absolute atomic E-state index is 0.138. The van der Waals surface area contributed by atoms with Gasteiger partial charge in [-0.15, -0.1) is 0 Å². The number of hydrogen-bond donors (Lipinski definition) is 0. The number of fused-ring (bicyclic) bond motifs is 13. The van der Waals surface area contributed by atoms with Crippen LogP contribution in [0.4, 0.5) is 34.1 Å². The molecular weight excluding hydrogens is 1000 g/mol. The fourth-order valence-corrected chi connectivity index (χ4v) is 14.5. The number of aromatic nitrogens is 2. The van der Waals surface area contributed by atoms with Gasteiger partial charge in [0.05, 0.1) is 39.0 Å². The summed E-state index contributed by atoms with van der Waals surface area (Å²) in [4.78, 5) is 5.21. The Balaban J connectivity index is 0.963. The normalized spacial score (nSPS) is 12.7. The maximum atomic E-state index is 2.61. The van der Waals surface area contributed by atoms with E-state index in [1.54, 1.807) is 0 Å². The van der Waals surface area contributed by atoms with Crippen molar-refractivity contribution in [1.82, 2.24) is 8.97 Å². The third-order valence-electron chi connectivity index (χ3n) is 18.0. The van der Waals surface area contributed by atoms with Gasteiger partial charge in [0.1, 0.15) is 0 Å². The van der Waals surface area contributed by atoms with Gasteiger partial charge in [0, 0.05) is 71.9 Å². The first-order valence-corrected chi connectivity index (χ1v) is 28.8. The van der Waals surface area contributed by atoms with E-state index >= 15 is 0 Å². The Labute approximate surface area is 480 Å². The summed E-state index contributed by atoms with van der Waals surface area (Å²) >= 11 is 0. The van der Waals surface area contributed by atoms with E-state index in [1.165, 1.54) is 104 Å². The molecule has 5 heterocycles. The Bertz CT molecular complexity index is 5160. The minimum Gasteiger partial charge on any atom is -0.311 e. The predicted octanol–water partition coefficient (Wildman–Crippen LogP) is 18.7. The van der Waals surface area contributed by atoms with Crippen LogP contribution in [0.5, 0.6) is 0 Å². The lowest BCUT2D eigenvalue weighted by molar-refractivity contribution is 1.17. The highest BCUT2D eigenvalue weighted by Gasteiger charge is 2.45. The summed E-state index contributed by atoms with van der Waals surface area (Å²) < 4.78 is 4.94. The molecule has 0 saturated carbocycles. The summed E-state index contributed by atoms with van der Waals surface area (Å²) in [6.45, 7) is -0.138. The molecule has 18 rings (SSSR count). The maximum absolute atomic E-state index is 2.61. The number of para-hydroxylation sites is 6. The molecule has 13 aromatic carbocycles. The fourth-order valence-electron chi connectivity index (χ4n) is 14.5. The van der Waals surface area contributed by atoms with Crippen molar-refractivity contribution < 1.29 is 0 Å². The Morgan fingerprint density at radius 3 is 1.17 bits per heavy atom. The summed E-state index contributed by atoms with van der Waals surface area (Å²) in [5.74, 6) is 0. The van der Waals surface area contributed by atoms with Crippen LogP contribution < -0.4 is 26.2 Å². The van der Waals surface area contributed by atoms with Crippen molar-refractivity contribution in [1.29, 1.82) is 0 Å². The highest BCUT2D eigenvalue weighted by atomic mass is 15.2. The number of benzene rings is 13. The minimum atomic E-state index is -0.138. The molecule has 0 N–H and O–H groups in total. The Hall–Kier alpha value is -10.9. The zero-order valence-corrected chi connectivity index (χ0v) is 45.2. The second-order valence-corrected chi connectivity index (χ2v) is 22.3. The largest absolute Gasteiger partial charge is 0.311 e. The Kier molecular flexibility index (Phi) is 9.86. The standard InChI is InChI=1S/C78H49BN4/c1-4-22-50(23-5-1)55-47-75-77-76(48-55)82(68-35-17-11-29-58(68)52-26-8-3-9-27-52)74-49-56(80-69-36-18-12-30-59(69)60-31-13-19-37-70(60)80)41-43-66(74)79(77)65-42-40-53(46-73(65)81(75)67-34-16-10-28-57(67)51-24-6-2-7-25-51)54-44-63-61-32-14-20-38-71(61)83-72-39-21-15-33-62(72)64(45-54)78(63)83/h1-49H. The number of rotatable bonds is 7. The lowest BCUT2D eigenvalue weighted by Crippen LogP contribution is -2.61. The van der Waals surface area contributed by atoms with Crippen molar-refractivity contribution in [2.45, 2.75) is 0 Å². The molecule has 2 aliphatic rings. The van der Waals surface area contributed by atoms with Crippen LogP contribution in [0.3, 0.4) is 0 Å². The topological polar surface area (TPSA) is 15.8 Å². The van der Waals surface area contributed by atoms with Gasteiger partial charge in [0.15, 0.2) is 0 Å². The first-order chi connectivity index (χ1) is 41.2. The second kappa shape index (κ2) is 17.8. The predicted molar refractivity (Wildman–Crippen MR) is 351 cm³/mol. The monoisotopic (exact) mass is 1050 g/mol. The van der Waals surface area contributed by atoms with Gasteiger partial charge in [-0.25, -0.2) is 0 Å². The SMILES string of the molecule is c1ccc(-c2cc3c4c(c2)N(c2ccccc2-c2ccccc2)c2cc(-n5c6ccccc6c6ccccc65)ccc2B4c2ccc(-c4cc5c6ccccc6n6c7ccccc7c(c4)c56)cc2N3c2ccccc2-c2ccccc2)cc1. The summed E-state index contributed by atoms with van der Waals surface area (Å²) in [6, 6.07) is 111. The van der Waals surface area contributed by atoms with Gasteiger partial charge in [-0.2, -0.15) is 0 Å². The van der Waals surface area contributed by atoms with Crippen LogP contribution in [0.15, 0.2) is 297 Å². The number of nitrogens with zero attached hydrogens (tertiary/aromatic N) is 4. The zero-order valence-electron chi connectivity index (χ0n) is 45.2. The van der Waals surface area contributed by atoms with Gasteiger partial charge in [0.25, 0.3) is 6.71 Å². The molecule has 0 unspecified atom stereocenters. The van der Waals surface area contributed by atoms with Crippen LogP contribution in [0.2, 0.25) is 0 Å². The fraction of sp³-hybridized carbons (Fsp3) is 0. The molecule has 16 aromatic rings. The van der Waals surface area contributed by atoms with Crippen LogP contribution in [0, 0.1) is 0 Å². The highest BCUT2D eigenvalue weighted by molar-refractivity contribution is 7.00. The quantitative estimate of drug-likeness (QED) is 0.148. The molecule has 2 aliphatic heterocycles. The molecule has 0 bridgehead atoms. The molecule has 83 heavy (non-hydrogen) atoms. The summed E-state index contributed by atoms with van der Waals surface area (Å²) in [5.41, 5.74) is 27.2. The van der Waals surface area contributed by atoms with Gasteiger partial charge in [-0.3, -0.25) is 0 Å². The smallest absolute Gasteiger partial charge is 0.252 e. The first kappa shape index (κ1) is 45.9. The van der Waals surface area contributed by atoms with Crippen molar-refractivity contribution in [3.63, 3.8) is 0 Å². The molecule has 3 aromatic heterocycles. The zero-order chi connectivity index (χ0) is 54.3. The number of anilines is 6. The average Bonchev–Trinajstić information content (AvgIpc) is 3.35. The van der Waals surface area contributed by atoms with Crippen LogP contribution in [-0.4, -0.2) is 15.7 Å². The van der Waals surface area contributed by atoms with Gasteiger partial charge < -0.3 is 18.8 Å². The summed E-state index contributed by atoms with van der Waals surface area (Å²) in [5, 5.41) is 7.56. The molecule has 384 valence electrons. The van der Waals surface area contributed by atoms with Crippen molar-refractivity contribution in [2.24, 2.45) is 0 Å². The average molecular weight is 1050 g/mol. The maximum Gasteiger partial charge on any atom is 0.252 e. The molecular formula is C78H49BN4. The molecule has 0 amide bonds. The van der Waals surface area contributed by atoms with E-state index in [4.69, 9.17) is 0 Å². The van der Waals surface area contributed by atoms with Crippen molar-refractivity contribution in [3.8, 4) is 50.2 Å². The Morgan fingerprint density at radius 1 is 0.241 bits per heavy atom. The molecule has 0 fully saturated rings. The van der Waals surface area contributed by atoms with Crippen LogP contribution in [0.25, 0.3) is 110 Å². The van der Waals surface area contributed by atoms with Gasteiger partial charge in [0.2, 0.25) is 0 Å². The van der Waals surface area contributed by atoms with E-state index in [1.807, 2.05) is 0 Å². The van der Waals surface area contributed by atoms with Gasteiger partial charge in [-0.1, -0.05) is 218 Å². The van der Waals surface area contributed by atoms with Crippen molar-refractivity contribution in [2.75, 3.05) is 9.80 Å². The van der Waals surface area contributed by atoms with E-state index in [0.717, 1.165) is 56.5 Å². The van der Waals surface area contributed by atoms with E-state index in [0.29, 0.717) is 0 Å². The third-order valence-corrected chi connectivity index (χ3v) is 18.0. The molecule has 0 saturated heterocycles. The summed E-state index contributed by atoms with van der Waals surface area (Å²) in [6.07, 6.45) is 0. The van der Waals surface area contributed by atoms with E-state index in [-0.39, 0.29) is 6.71 Å². The lowest BCUT2D eigenvalue weighted by atomic mass is 9.33. The van der Waals surface area contributed by atoms with E-state index in [2.05, 4.69) is 316 Å². The first-order valence-electron chi connectivity index (χ1n) is 28.8. The lowest BCUT2D eigenvalue weighted by Gasteiger charge is -2.45. The molecule has 0 aliphatic carbocycles. The highest BCUT2D eigenvalue weighted by Crippen LogP contribution is 2.51. The van der Waals surface area contributed by atoms with Gasteiger partial charge >= 0.3 is 0 Å². The van der Waals surface area contributed by atoms with Crippen molar-refractivity contribution in [3.05, 3.63) is 297 Å². The summed E-state index contributed by atoms with van der Waals surface area (Å²) in [7, 11) is 0.